The summed E-state index contributed by atoms with van der Waals surface area (Å²) in [5, 5.41) is 8.10. The number of rotatable bonds is 8. The van der Waals surface area contributed by atoms with Gasteiger partial charge >= 0.3 is 0 Å². The first-order valence-corrected chi connectivity index (χ1v) is 8.25. The molecule has 4 nitrogen and oxygen atoms in total. The van der Waals surface area contributed by atoms with Gasteiger partial charge in [-0.25, -0.2) is 8.42 Å². The molecule has 0 rings (SSSR count). The van der Waals surface area contributed by atoms with E-state index in [1.54, 1.807) is 11.2 Å². The smallest absolute Gasteiger partial charge is 0.211 e. The molecule has 0 bridgehead atoms. The molecule has 0 aromatic carbocycles. The molecule has 0 saturated heterocycles. The van der Waals surface area contributed by atoms with Crippen molar-refractivity contribution in [1.29, 1.82) is 5.26 Å². The molecule has 5 heteroatoms. The molecule has 18 heavy (non-hydrogen) atoms. The molecule has 0 saturated carbocycles. The Labute approximate surface area is 112 Å². The lowest BCUT2D eigenvalue weighted by Gasteiger charge is -2.32. The molecule has 0 spiro atoms. The van der Waals surface area contributed by atoms with Crippen LogP contribution in [-0.4, -0.2) is 30.6 Å². The number of hydrogen-bond donors (Lipinski definition) is 0. The molecule has 0 N–H and O–H groups in total. The average Bonchev–Trinajstić information content (AvgIpc) is 2.30. The molecule has 0 aliphatic carbocycles. The Balaban J connectivity index is 5.36. The zero-order valence-corrected chi connectivity index (χ0v) is 13.0. The number of hydrogen-bond acceptors (Lipinski definition) is 3. The average molecular weight is 274 g/mol. The van der Waals surface area contributed by atoms with Gasteiger partial charge in [-0.1, -0.05) is 34.6 Å². The Kier molecular flexibility index (Phi) is 7.49. The van der Waals surface area contributed by atoms with E-state index in [4.69, 9.17) is 5.26 Å². The van der Waals surface area contributed by atoms with Crippen LogP contribution in [0.15, 0.2) is 0 Å². The minimum atomic E-state index is -3.51. The summed E-state index contributed by atoms with van der Waals surface area (Å²) < 4.78 is 26.5. The Morgan fingerprint density at radius 2 is 1.61 bits per heavy atom. The SMILES string of the molecule is CCC(CC)N(CC(C)C)S(=O)(=O)C(C#N)CC. The Bertz CT molecular complexity index is 367. The number of nitrogens with zero attached hydrogens (tertiary/aromatic N) is 2. The number of nitriles is 1. The van der Waals surface area contributed by atoms with Crippen molar-refractivity contribution >= 4 is 10.0 Å². The summed E-state index contributed by atoms with van der Waals surface area (Å²) in [6, 6.07) is 1.92. The van der Waals surface area contributed by atoms with Crippen LogP contribution in [0.2, 0.25) is 0 Å². The van der Waals surface area contributed by atoms with Gasteiger partial charge in [-0.3, -0.25) is 0 Å². The summed E-state index contributed by atoms with van der Waals surface area (Å²) in [5.74, 6) is 0.261. The first-order valence-electron chi connectivity index (χ1n) is 6.75. The van der Waals surface area contributed by atoms with E-state index in [-0.39, 0.29) is 12.0 Å². The van der Waals surface area contributed by atoms with Gasteiger partial charge < -0.3 is 0 Å². The summed E-state index contributed by atoms with van der Waals surface area (Å²) in [5.41, 5.74) is 0. The topological polar surface area (TPSA) is 61.2 Å². The van der Waals surface area contributed by atoms with Crippen molar-refractivity contribution in [3.05, 3.63) is 0 Å². The molecule has 0 aliphatic heterocycles. The van der Waals surface area contributed by atoms with Crippen molar-refractivity contribution in [3.63, 3.8) is 0 Å². The molecule has 0 radical (unpaired) electrons. The van der Waals surface area contributed by atoms with Gasteiger partial charge in [0.1, 0.15) is 0 Å². The highest BCUT2D eigenvalue weighted by atomic mass is 32.2. The molecular weight excluding hydrogens is 248 g/mol. The van der Waals surface area contributed by atoms with E-state index < -0.39 is 15.3 Å². The summed E-state index contributed by atoms with van der Waals surface area (Å²) in [4.78, 5) is 0. The minimum Gasteiger partial charge on any atom is -0.211 e. The predicted octanol–water partition coefficient (Wildman–Crippen LogP) is 2.76. The monoisotopic (exact) mass is 274 g/mol. The largest absolute Gasteiger partial charge is 0.230 e. The second-order valence-electron chi connectivity index (χ2n) is 5.00. The third-order valence-electron chi connectivity index (χ3n) is 3.10. The zero-order valence-electron chi connectivity index (χ0n) is 12.2. The van der Waals surface area contributed by atoms with Crippen molar-refractivity contribution < 1.29 is 8.42 Å². The van der Waals surface area contributed by atoms with Gasteiger partial charge in [-0.15, -0.1) is 0 Å². The lowest BCUT2D eigenvalue weighted by Crippen LogP contribution is -2.46. The van der Waals surface area contributed by atoms with Gasteiger partial charge in [0.05, 0.1) is 6.07 Å². The van der Waals surface area contributed by atoms with Gasteiger partial charge in [-0.2, -0.15) is 9.57 Å². The first kappa shape index (κ1) is 17.4. The highest BCUT2D eigenvalue weighted by Crippen LogP contribution is 2.21. The zero-order chi connectivity index (χ0) is 14.3. The predicted molar refractivity (Wildman–Crippen MR) is 74.5 cm³/mol. The van der Waals surface area contributed by atoms with Crippen LogP contribution in [0.25, 0.3) is 0 Å². The van der Waals surface area contributed by atoms with Crippen LogP contribution in [0.5, 0.6) is 0 Å². The van der Waals surface area contributed by atoms with Gasteiger partial charge in [0, 0.05) is 12.6 Å². The molecular formula is C13H26N2O2S. The van der Waals surface area contributed by atoms with Gasteiger partial charge in [0.2, 0.25) is 10.0 Å². The van der Waals surface area contributed by atoms with Crippen molar-refractivity contribution in [2.75, 3.05) is 6.54 Å². The fourth-order valence-electron chi connectivity index (χ4n) is 2.05. The van der Waals surface area contributed by atoms with Crippen molar-refractivity contribution in [3.8, 4) is 6.07 Å². The second-order valence-corrected chi connectivity index (χ2v) is 7.07. The molecule has 106 valence electrons. The molecule has 0 aromatic rings. The number of sulfonamides is 1. The summed E-state index contributed by atoms with van der Waals surface area (Å²) in [6.45, 7) is 10.2. The maximum Gasteiger partial charge on any atom is 0.230 e. The first-order chi connectivity index (χ1) is 8.34. The van der Waals surface area contributed by atoms with Crippen molar-refractivity contribution in [1.82, 2.24) is 4.31 Å². The van der Waals surface area contributed by atoms with Crippen LogP contribution < -0.4 is 0 Å². The van der Waals surface area contributed by atoms with E-state index >= 15 is 0 Å². The van der Waals surface area contributed by atoms with Crippen LogP contribution in [0.3, 0.4) is 0 Å². The van der Waals surface area contributed by atoms with Crippen LogP contribution in [-0.2, 0) is 10.0 Å². The van der Waals surface area contributed by atoms with Crippen LogP contribution >= 0.6 is 0 Å². The highest BCUT2D eigenvalue weighted by molar-refractivity contribution is 7.90. The van der Waals surface area contributed by atoms with E-state index in [1.807, 2.05) is 33.8 Å². The summed E-state index contributed by atoms with van der Waals surface area (Å²) in [7, 11) is -3.51. The third kappa shape index (κ3) is 4.25. The molecule has 0 heterocycles. The fourth-order valence-corrected chi connectivity index (χ4v) is 4.15. The van der Waals surface area contributed by atoms with E-state index in [0.29, 0.717) is 13.0 Å². The Morgan fingerprint density at radius 3 is 1.89 bits per heavy atom. The van der Waals surface area contributed by atoms with Gasteiger partial charge in [0.15, 0.2) is 5.25 Å². The van der Waals surface area contributed by atoms with Crippen LogP contribution in [0.1, 0.15) is 53.9 Å². The van der Waals surface area contributed by atoms with Crippen LogP contribution in [0, 0.1) is 17.2 Å². The van der Waals surface area contributed by atoms with Crippen molar-refractivity contribution in [2.45, 2.75) is 65.2 Å². The lowest BCUT2D eigenvalue weighted by atomic mass is 10.1. The van der Waals surface area contributed by atoms with Gasteiger partial charge in [-0.05, 0) is 25.2 Å². The lowest BCUT2D eigenvalue weighted by molar-refractivity contribution is 0.275. The Morgan fingerprint density at radius 1 is 1.11 bits per heavy atom. The van der Waals surface area contributed by atoms with Crippen LogP contribution in [0.4, 0.5) is 0 Å². The standard InChI is InChI=1S/C13H26N2O2S/c1-6-12(7-2)15(10-11(4)5)18(16,17)13(8-3)9-14/h11-13H,6-8,10H2,1-5H3. The third-order valence-corrected chi connectivity index (χ3v) is 5.35. The highest BCUT2D eigenvalue weighted by Gasteiger charge is 2.34. The van der Waals surface area contributed by atoms with E-state index in [2.05, 4.69) is 0 Å². The minimum absolute atomic E-state index is 0.000185. The maximum absolute atomic E-state index is 12.5. The molecule has 1 unspecified atom stereocenters. The fraction of sp³-hybridized carbons (Fsp3) is 0.923. The molecule has 0 amide bonds. The quantitative estimate of drug-likeness (QED) is 0.683. The van der Waals surface area contributed by atoms with Gasteiger partial charge in [0.25, 0.3) is 0 Å². The second kappa shape index (κ2) is 7.75. The molecule has 0 aliphatic rings. The van der Waals surface area contributed by atoms with E-state index in [1.165, 1.54) is 0 Å². The summed E-state index contributed by atoms with van der Waals surface area (Å²) >= 11 is 0. The normalized spacial score (nSPS) is 14.2. The van der Waals surface area contributed by atoms with E-state index in [9.17, 15) is 8.42 Å². The van der Waals surface area contributed by atoms with Crippen molar-refractivity contribution in [2.24, 2.45) is 5.92 Å². The Hall–Kier alpha value is -0.600. The molecule has 1 atom stereocenters. The maximum atomic E-state index is 12.5. The van der Waals surface area contributed by atoms with E-state index in [0.717, 1.165) is 12.8 Å². The molecule has 0 fully saturated rings. The summed E-state index contributed by atoms with van der Waals surface area (Å²) in [6.07, 6.45) is 1.90. The molecule has 0 aromatic heterocycles.